The van der Waals surface area contributed by atoms with Gasteiger partial charge in [-0.25, -0.2) is 27.1 Å². The number of imidazole rings is 1. The zero-order chi connectivity index (χ0) is 24.0. The lowest BCUT2D eigenvalue weighted by Crippen LogP contribution is -2.59. The fourth-order valence-corrected chi connectivity index (χ4v) is 4.80. The van der Waals surface area contributed by atoms with Crippen molar-refractivity contribution in [2.75, 3.05) is 13.7 Å². The number of ether oxygens (including phenoxy) is 1. The summed E-state index contributed by atoms with van der Waals surface area (Å²) >= 11 is 0. The quantitative estimate of drug-likeness (QED) is 0.394. The van der Waals surface area contributed by atoms with Crippen molar-refractivity contribution in [3.63, 3.8) is 0 Å². The number of carbonyl (C=O) groups excluding carboxylic acids is 2. The van der Waals surface area contributed by atoms with Crippen LogP contribution in [0.3, 0.4) is 0 Å². The van der Waals surface area contributed by atoms with E-state index < -0.39 is 60.5 Å². The maximum Gasteiger partial charge on any atom is 0.322 e. The van der Waals surface area contributed by atoms with Crippen molar-refractivity contribution in [1.82, 2.24) is 19.9 Å². The Labute approximate surface area is 186 Å². The Kier molecular flexibility index (Phi) is 5.83. The molecular formula is C21H25F4N5O3. The standard InChI is InChI=1S/C21H25F4N5O3/c1-33-18(32)19(10-21(24,25)11-27-17(19)31)8-13-4-5-15-28-14(9-30(15)29-13)16(26)12-3-2-6-20(22,23)7-12/h4-5,9,12,16H,2-3,6-8,10-11,26H2,1H3,(H,27,31). The van der Waals surface area contributed by atoms with E-state index in [0.717, 1.165) is 7.11 Å². The number of nitrogens with zero attached hydrogens (tertiary/aromatic N) is 3. The smallest absolute Gasteiger partial charge is 0.322 e. The van der Waals surface area contributed by atoms with E-state index in [1.807, 2.05) is 0 Å². The van der Waals surface area contributed by atoms with E-state index in [4.69, 9.17) is 5.73 Å². The Morgan fingerprint density at radius 2 is 2.09 bits per heavy atom. The van der Waals surface area contributed by atoms with Crippen molar-refractivity contribution in [3.8, 4) is 0 Å². The molecule has 1 saturated heterocycles. The number of carbonyl (C=O) groups is 2. The molecule has 8 nitrogen and oxygen atoms in total. The lowest BCUT2D eigenvalue weighted by molar-refractivity contribution is -0.172. The molecule has 4 rings (SSSR count). The highest BCUT2D eigenvalue weighted by Gasteiger charge is 2.57. The van der Waals surface area contributed by atoms with Gasteiger partial charge >= 0.3 is 5.97 Å². The maximum atomic E-state index is 14.1. The van der Waals surface area contributed by atoms with Gasteiger partial charge in [-0.1, -0.05) is 0 Å². The topological polar surface area (TPSA) is 112 Å². The second kappa shape index (κ2) is 8.23. The van der Waals surface area contributed by atoms with E-state index in [9.17, 15) is 27.2 Å². The number of hydrogen-bond acceptors (Lipinski definition) is 6. The molecule has 1 aliphatic heterocycles. The fraction of sp³-hybridized carbons (Fsp3) is 0.619. The number of nitrogens with two attached hydrogens (primary N) is 1. The first kappa shape index (κ1) is 23.4. The number of rotatable bonds is 5. The Balaban J connectivity index is 1.61. The molecule has 3 N–H and O–H groups in total. The fourth-order valence-electron chi connectivity index (χ4n) is 4.80. The highest BCUT2D eigenvalue weighted by molar-refractivity contribution is 6.03. The van der Waals surface area contributed by atoms with Gasteiger partial charge in [-0.2, -0.15) is 5.10 Å². The summed E-state index contributed by atoms with van der Waals surface area (Å²) in [6.07, 6.45) is 0.556. The van der Waals surface area contributed by atoms with Crippen LogP contribution in [0.25, 0.3) is 5.65 Å². The van der Waals surface area contributed by atoms with E-state index in [0.29, 0.717) is 24.2 Å². The molecule has 0 aromatic carbocycles. The second-order valence-electron chi connectivity index (χ2n) is 9.00. The van der Waals surface area contributed by atoms with Crippen LogP contribution in [0.4, 0.5) is 17.6 Å². The van der Waals surface area contributed by atoms with Crippen molar-refractivity contribution in [2.24, 2.45) is 17.1 Å². The molecule has 0 radical (unpaired) electrons. The van der Waals surface area contributed by atoms with Gasteiger partial charge in [-0.3, -0.25) is 9.59 Å². The summed E-state index contributed by atoms with van der Waals surface area (Å²) < 4.78 is 61.9. The minimum atomic E-state index is -3.29. The Morgan fingerprint density at radius 1 is 1.33 bits per heavy atom. The number of piperidine rings is 1. The van der Waals surface area contributed by atoms with Crippen molar-refractivity contribution >= 4 is 17.5 Å². The first-order valence-electron chi connectivity index (χ1n) is 10.7. The number of alkyl halides is 4. The van der Waals surface area contributed by atoms with Crippen LogP contribution in [0.15, 0.2) is 18.3 Å². The summed E-state index contributed by atoms with van der Waals surface area (Å²) in [7, 11) is 1.03. The molecule has 1 amide bonds. The molecule has 0 bridgehead atoms. The number of nitrogens with one attached hydrogen (secondary N) is 1. The van der Waals surface area contributed by atoms with Crippen LogP contribution >= 0.6 is 0 Å². The number of aromatic nitrogens is 3. The highest BCUT2D eigenvalue weighted by Crippen LogP contribution is 2.42. The normalized spacial score (nSPS) is 27.7. The third-order valence-corrected chi connectivity index (χ3v) is 6.48. The predicted molar refractivity (Wildman–Crippen MR) is 108 cm³/mol. The Morgan fingerprint density at radius 3 is 2.79 bits per heavy atom. The first-order valence-corrected chi connectivity index (χ1v) is 10.7. The van der Waals surface area contributed by atoms with Gasteiger partial charge in [-0.05, 0) is 30.9 Å². The summed E-state index contributed by atoms with van der Waals surface area (Å²) in [5.74, 6) is -8.41. The highest BCUT2D eigenvalue weighted by atomic mass is 19.3. The third kappa shape index (κ3) is 4.53. The summed E-state index contributed by atoms with van der Waals surface area (Å²) in [6, 6.07) is 2.29. The first-order chi connectivity index (χ1) is 15.4. The van der Waals surface area contributed by atoms with E-state index in [-0.39, 0.29) is 18.5 Å². The average Bonchev–Trinajstić information content (AvgIpc) is 3.17. The van der Waals surface area contributed by atoms with E-state index in [2.05, 4.69) is 20.1 Å². The van der Waals surface area contributed by atoms with Crippen molar-refractivity contribution in [3.05, 3.63) is 29.7 Å². The Bertz CT molecular complexity index is 1070. The minimum Gasteiger partial charge on any atom is -0.468 e. The van der Waals surface area contributed by atoms with Gasteiger partial charge in [0.2, 0.25) is 11.8 Å². The Hall–Kier alpha value is -2.76. The summed E-state index contributed by atoms with van der Waals surface area (Å²) in [6.45, 7) is -0.861. The lowest BCUT2D eigenvalue weighted by Gasteiger charge is -2.37. The van der Waals surface area contributed by atoms with Crippen LogP contribution in [-0.2, 0) is 20.7 Å². The molecule has 12 heteroatoms. The van der Waals surface area contributed by atoms with Crippen LogP contribution in [0.5, 0.6) is 0 Å². The van der Waals surface area contributed by atoms with Crippen LogP contribution in [0, 0.1) is 11.3 Å². The van der Waals surface area contributed by atoms with E-state index in [1.165, 1.54) is 22.8 Å². The number of esters is 1. The predicted octanol–water partition coefficient (Wildman–Crippen LogP) is 2.41. The molecule has 3 atom stereocenters. The zero-order valence-electron chi connectivity index (χ0n) is 18.0. The molecule has 2 aromatic heterocycles. The molecule has 2 fully saturated rings. The van der Waals surface area contributed by atoms with Crippen LogP contribution in [0.1, 0.15) is 49.5 Å². The third-order valence-electron chi connectivity index (χ3n) is 6.48. The molecule has 3 heterocycles. The number of fused-ring (bicyclic) bond motifs is 1. The van der Waals surface area contributed by atoms with Gasteiger partial charge in [0.15, 0.2) is 11.1 Å². The molecule has 33 heavy (non-hydrogen) atoms. The van der Waals surface area contributed by atoms with Crippen molar-refractivity contribution < 1.29 is 31.9 Å². The summed E-state index contributed by atoms with van der Waals surface area (Å²) in [4.78, 5) is 29.3. The molecule has 180 valence electrons. The van der Waals surface area contributed by atoms with Crippen LogP contribution < -0.4 is 11.1 Å². The van der Waals surface area contributed by atoms with Gasteiger partial charge in [0.25, 0.3) is 5.92 Å². The lowest BCUT2D eigenvalue weighted by atomic mass is 9.74. The zero-order valence-corrected chi connectivity index (χ0v) is 18.0. The average molecular weight is 471 g/mol. The van der Waals surface area contributed by atoms with E-state index >= 15 is 0 Å². The molecule has 0 spiro atoms. The number of hydrogen-bond donors (Lipinski definition) is 2. The molecule has 2 aromatic rings. The van der Waals surface area contributed by atoms with Gasteiger partial charge in [0.1, 0.15) is 0 Å². The molecule has 2 aliphatic rings. The van der Waals surface area contributed by atoms with Gasteiger partial charge in [0.05, 0.1) is 37.3 Å². The SMILES string of the molecule is COC(=O)C1(Cc2ccc3nc(C(N)C4CCCC(F)(F)C4)cn3n2)CC(F)(F)CNC1=O. The van der Waals surface area contributed by atoms with Crippen molar-refractivity contribution in [2.45, 2.75) is 56.4 Å². The monoisotopic (exact) mass is 471 g/mol. The molecule has 1 aliphatic carbocycles. The molecule has 1 saturated carbocycles. The number of methoxy groups -OCH3 is 1. The van der Waals surface area contributed by atoms with Crippen LogP contribution in [0.2, 0.25) is 0 Å². The van der Waals surface area contributed by atoms with E-state index in [1.54, 1.807) is 0 Å². The van der Waals surface area contributed by atoms with Crippen molar-refractivity contribution in [1.29, 1.82) is 0 Å². The largest absolute Gasteiger partial charge is 0.468 e. The summed E-state index contributed by atoms with van der Waals surface area (Å²) in [5.41, 5.74) is 5.04. The molecular weight excluding hydrogens is 446 g/mol. The molecule has 3 unspecified atom stereocenters. The van der Waals surface area contributed by atoms with Crippen LogP contribution in [-0.4, -0.2) is 52.0 Å². The van der Waals surface area contributed by atoms with Gasteiger partial charge < -0.3 is 15.8 Å². The number of halogens is 4. The second-order valence-corrected chi connectivity index (χ2v) is 9.00. The summed E-state index contributed by atoms with van der Waals surface area (Å²) in [5, 5.41) is 6.39. The van der Waals surface area contributed by atoms with Gasteiger partial charge in [-0.15, -0.1) is 0 Å². The number of amides is 1. The minimum absolute atomic E-state index is 0.152. The maximum absolute atomic E-state index is 14.1. The van der Waals surface area contributed by atoms with Gasteiger partial charge in [0, 0.05) is 25.7 Å².